The molecule has 2 heterocycles. The highest BCUT2D eigenvalue weighted by Gasteiger charge is 2.32. The lowest BCUT2D eigenvalue weighted by Crippen LogP contribution is -2.07. The zero-order valence-corrected chi connectivity index (χ0v) is 27.5. The average molecular weight is 703 g/mol. The smallest absolute Gasteiger partial charge is 0.307 e. The third-order valence-electron chi connectivity index (χ3n) is 9.47. The molecule has 8 nitrogen and oxygen atoms in total. The summed E-state index contributed by atoms with van der Waals surface area (Å²) in [7, 11) is 0. The largest absolute Gasteiger partial charge is 0.416 e. The summed E-state index contributed by atoms with van der Waals surface area (Å²) in [5.74, 6) is 0. The second kappa shape index (κ2) is 12.2. The molecule has 8 rings (SSSR count). The SMILES string of the molecule is N#Cc1cc(-c2cc(-n3c4cc(C#N)ccc4c4ccc(C#N)cc43)c(-n3c4cc(C#N)ccc4c4ccc(C#N)cc43)cc2C#N)cc(C(F)(F)F)c1. The minimum atomic E-state index is -4.80. The molecule has 0 aliphatic rings. The van der Waals surface area contributed by atoms with E-state index in [0.29, 0.717) is 66.5 Å². The number of benzene rings is 6. The normalized spacial score (nSPS) is 11.1. The van der Waals surface area contributed by atoms with Crippen molar-refractivity contribution >= 4 is 43.6 Å². The highest BCUT2D eigenvalue weighted by atomic mass is 19.4. The van der Waals surface area contributed by atoms with Crippen LogP contribution < -0.4 is 0 Å². The molecule has 0 saturated heterocycles. The van der Waals surface area contributed by atoms with Crippen LogP contribution >= 0.6 is 0 Å². The fourth-order valence-corrected chi connectivity index (χ4v) is 7.11. The number of nitrogens with zero attached hydrogens (tertiary/aromatic N) is 8. The number of alkyl halides is 3. The summed E-state index contributed by atoms with van der Waals surface area (Å²) in [6.45, 7) is 0. The van der Waals surface area contributed by atoms with Gasteiger partial charge in [-0.25, -0.2) is 0 Å². The molecule has 250 valence electrons. The molecule has 8 aromatic rings. The van der Waals surface area contributed by atoms with Crippen LogP contribution in [0.25, 0.3) is 66.1 Å². The number of halogens is 3. The van der Waals surface area contributed by atoms with E-state index in [9.17, 15) is 44.7 Å². The molecule has 2 aromatic heterocycles. The quantitative estimate of drug-likeness (QED) is 0.179. The van der Waals surface area contributed by atoms with E-state index < -0.39 is 11.7 Å². The molecule has 0 saturated carbocycles. The summed E-state index contributed by atoms with van der Waals surface area (Å²) in [4.78, 5) is 0. The Balaban J connectivity index is 1.62. The molecule has 0 radical (unpaired) electrons. The van der Waals surface area contributed by atoms with Crippen LogP contribution in [0.5, 0.6) is 0 Å². The maximum atomic E-state index is 14.2. The van der Waals surface area contributed by atoms with Crippen LogP contribution in [0.2, 0.25) is 0 Å². The lowest BCUT2D eigenvalue weighted by Gasteiger charge is -2.20. The summed E-state index contributed by atoms with van der Waals surface area (Å²) >= 11 is 0. The van der Waals surface area contributed by atoms with Crippen molar-refractivity contribution < 1.29 is 13.2 Å². The van der Waals surface area contributed by atoms with Gasteiger partial charge in [0.1, 0.15) is 0 Å². The summed E-state index contributed by atoms with van der Waals surface area (Å²) in [6, 6.07) is 38.9. The average Bonchev–Trinajstić information content (AvgIpc) is 3.70. The second-order valence-corrected chi connectivity index (χ2v) is 12.5. The lowest BCUT2D eigenvalue weighted by atomic mass is 9.94. The summed E-state index contributed by atoms with van der Waals surface area (Å²) in [5.41, 5.74) is 2.75. The van der Waals surface area contributed by atoms with Gasteiger partial charge < -0.3 is 9.13 Å². The van der Waals surface area contributed by atoms with Crippen molar-refractivity contribution in [3.05, 3.63) is 142 Å². The molecule has 0 fully saturated rings. The van der Waals surface area contributed by atoms with Gasteiger partial charge in [-0.15, -0.1) is 0 Å². The Bertz CT molecular complexity index is 3090. The van der Waals surface area contributed by atoms with Gasteiger partial charge in [0.15, 0.2) is 0 Å². The minimum absolute atomic E-state index is 0.0314. The summed E-state index contributed by atoms with van der Waals surface area (Å²) in [6.07, 6.45) is -4.80. The van der Waals surface area contributed by atoms with Gasteiger partial charge in [-0.2, -0.15) is 44.7 Å². The summed E-state index contributed by atoms with van der Waals surface area (Å²) in [5, 5.41) is 63.0. The highest BCUT2D eigenvalue weighted by Crippen LogP contribution is 2.42. The minimum Gasteiger partial charge on any atom is -0.307 e. The van der Waals surface area contributed by atoms with Crippen molar-refractivity contribution in [3.8, 4) is 58.9 Å². The first-order chi connectivity index (χ1) is 26.1. The standard InChI is InChI=1S/C43H17F3N8/c44-43(45,46)31-10-28(22-51)9-29(15-31)36-17-42(54-39-13-26(20-49)3-7-34(39)35-8-4-27(21-50)14-40(35)54)41(16-30(36)23-52)53-37-11-24(18-47)1-5-32(37)33-6-2-25(19-48)12-38(33)53/h1-17H. The van der Waals surface area contributed by atoms with Crippen molar-refractivity contribution in [1.82, 2.24) is 9.13 Å². The maximum absolute atomic E-state index is 14.2. The Labute approximate surface area is 304 Å². The zero-order chi connectivity index (χ0) is 37.9. The maximum Gasteiger partial charge on any atom is 0.416 e. The fourth-order valence-electron chi connectivity index (χ4n) is 7.11. The first-order valence-corrected chi connectivity index (χ1v) is 16.1. The zero-order valence-electron chi connectivity index (χ0n) is 27.5. The van der Waals surface area contributed by atoms with Gasteiger partial charge in [0.25, 0.3) is 0 Å². The number of nitriles is 6. The first-order valence-electron chi connectivity index (χ1n) is 16.1. The van der Waals surface area contributed by atoms with Crippen molar-refractivity contribution in [2.75, 3.05) is 0 Å². The van der Waals surface area contributed by atoms with E-state index in [1.54, 1.807) is 94.1 Å². The number of hydrogen-bond donors (Lipinski definition) is 0. The molecule has 0 aliphatic carbocycles. The van der Waals surface area contributed by atoms with Crippen LogP contribution in [0.3, 0.4) is 0 Å². The van der Waals surface area contributed by atoms with Crippen molar-refractivity contribution in [1.29, 1.82) is 31.6 Å². The number of fused-ring (bicyclic) bond motifs is 6. The molecule has 0 N–H and O–H groups in total. The van der Waals surface area contributed by atoms with Gasteiger partial charge in [0, 0.05) is 27.1 Å². The Morgan fingerprint density at radius 3 is 1.15 bits per heavy atom. The van der Waals surface area contributed by atoms with E-state index in [4.69, 9.17) is 0 Å². The van der Waals surface area contributed by atoms with Gasteiger partial charge in [-0.3, -0.25) is 0 Å². The lowest BCUT2D eigenvalue weighted by molar-refractivity contribution is -0.137. The molecule has 6 aromatic carbocycles. The molecule has 54 heavy (non-hydrogen) atoms. The molecular formula is C43H17F3N8. The van der Waals surface area contributed by atoms with Gasteiger partial charge in [0.05, 0.1) is 109 Å². The molecule has 0 atom stereocenters. The van der Waals surface area contributed by atoms with Gasteiger partial charge >= 0.3 is 6.18 Å². The number of aromatic nitrogens is 2. The monoisotopic (exact) mass is 702 g/mol. The topological polar surface area (TPSA) is 153 Å². The first kappa shape index (κ1) is 32.8. The fraction of sp³-hybridized carbons (Fsp3) is 0.0233. The molecule has 11 heteroatoms. The van der Waals surface area contributed by atoms with Crippen molar-refractivity contribution in [2.45, 2.75) is 6.18 Å². The van der Waals surface area contributed by atoms with Crippen LogP contribution in [0.4, 0.5) is 13.2 Å². The Kier molecular flexibility index (Phi) is 7.39. The van der Waals surface area contributed by atoms with E-state index in [2.05, 4.69) is 30.3 Å². The second-order valence-electron chi connectivity index (χ2n) is 12.5. The molecule has 0 unspecified atom stereocenters. The number of rotatable bonds is 3. The molecule has 0 spiro atoms. The highest BCUT2D eigenvalue weighted by molar-refractivity contribution is 6.12. The van der Waals surface area contributed by atoms with Crippen molar-refractivity contribution in [3.63, 3.8) is 0 Å². The van der Waals surface area contributed by atoms with E-state index >= 15 is 0 Å². The van der Waals surface area contributed by atoms with E-state index in [-0.39, 0.29) is 22.3 Å². The van der Waals surface area contributed by atoms with Gasteiger partial charge in [-0.05, 0) is 84.4 Å². The van der Waals surface area contributed by atoms with Crippen LogP contribution in [-0.4, -0.2) is 9.13 Å². The Morgan fingerprint density at radius 1 is 0.407 bits per heavy atom. The van der Waals surface area contributed by atoms with Crippen molar-refractivity contribution in [2.24, 2.45) is 0 Å². The molecule has 0 bridgehead atoms. The summed E-state index contributed by atoms with van der Waals surface area (Å²) < 4.78 is 46.1. The predicted molar refractivity (Wildman–Crippen MR) is 194 cm³/mol. The van der Waals surface area contributed by atoms with Crippen LogP contribution in [0.15, 0.2) is 103 Å². The van der Waals surface area contributed by atoms with Crippen LogP contribution in [-0.2, 0) is 6.18 Å². The van der Waals surface area contributed by atoms with Crippen LogP contribution in [0, 0.1) is 68.0 Å². The van der Waals surface area contributed by atoms with Gasteiger partial charge in [-0.1, -0.05) is 24.3 Å². The van der Waals surface area contributed by atoms with Gasteiger partial charge in [0.2, 0.25) is 0 Å². The Morgan fingerprint density at radius 2 is 0.796 bits per heavy atom. The third-order valence-corrected chi connectivity index (χ3v) is 9.47. The van der Waals surface area contributed by atoms with E-state index in [1.807, 2.05) is 0 Å². The molecule has 0 aliphatic heterocycles. The predicted octanol–water partition coefficient (Wildman–Crippen LogP) is 9.80. The van der Waals surface area contributed by atoms with Crippen LogP contribution in [0.1, 0.15) is 38.9 Å². The van der Waals surface area contributed by atoms with E-state index in [1.165, 1.54) is 12.1 Å². The Hall–Kier alpha value is -8.35. The molecule has 0 amide bonds. The number of hydrogen-bond acceptors (Lipinski definition) is 6. The van der Waals surface area contributed by atoms with E-state index in [0.717, 1.165) is 22.9 Å². The molecular weight excluding hydrogens is 686 g/mol. The third kappa shape index (κ3) is 5.03.